The van der Waals surface area contributed by atoms with E-state index >= 15 is 0 Å². The van der Waals surface area contributed by atoms with Gasteiger partial charge in [0, 0.05) is 23.7 Å². The summed E-state index contributed by atoms with van der Waals surface area (Å²) in [5, 5.41) is 18.8. The molecule has 0 aliphatic carbocycles. The van der Waals surface area contributed by atoms with Crippen LogP contribution < -0.4 is 16.8 Å². The molecular weight excluding hydrogens is 505 g/mol. The maximum Gasteiger partial charge on any atom is 0.490 e. The van der Waals surface area contributed by atoms with E-state index in [1.807, 2.05) is 35.8 Å². The van der Waals surface area contributed by atoms with E-state index < -0.39 is 12.1 Å². The molecule has 6 N–H and O–H groups in total. The molecule has 1 aromatic carbocycles. The standard InChI is InChI=1S/C19H21ClN8O.C2HF3O2/c1-2-28-17-13(23-8-4-7-21)10-24-14(11-5-3-6-12(20)9-11)15(17)25-19(28)16-18(22)27-29-26-16;3-2(4,5)1(6)7/h3,5-6,9-10,23H,2,4,7-8,21H2,1H3,(H2,22,27);(H,6,7). The first-order chi connectivity index (χ1) is 17.1. The predicted octanol–water partition coefficient (Wildman–Crippen LogP) is 3.80. The van der Waals surface area contributed by atoms with Gasteiger partial charge in [-0.05, 0) is 42.3 Å². The summed E-state index contributed by atoms with van der Waals surface area (Å²) in [5.74, 6) is -2.00. The van der Waals surface area contributed by atoms with Crippen molar-refractivity contribution >= 4 is 40.1 Å². The Balaban J connectivity index is 0.000000454. The quantitative estimate of drug-likeness (QED) is 0.259. The third-order valence-electron chi connectivity index (χ3n) is 4.85. The molecule has 15 heteroatoms. The van der Waals surface area contributed by atoms with Gasteiger partial charge in [0.1, 0.15) is 5.52 Å². The van der Waals surface area contributed by atoms with Gasteiger partial charge in [-0.1, -0.05) is 23.7 Å². The van der Waals surface area contributed by atoms with Crippen LogP contribution in [0.5, 0.6) is 0 Å². The molecule has 36 heavy (non-hydrogen) atoms. The molecule has 0 atom stereocenters. The van der Waals surface area contributed by atoms with Gasteiger partial charge in [-0.2, -0.15) is 13.2 Å². The molecule has 4 rings (SSSR count). The summed E-state index contributed by atoms with van der Waals surface area (Å²) in [6.07, 6.45) is -2.44. The van der Waals surface area contributed by atoms with E-state index in [1.54, 1.807) is 6.20 Å². The Hall–Kier alpha value is -3.91. The van der Waals surface area contributed by atoms with Gasteiger partial charge in [-0.25, -0.2) is 14.4 Å². The van der Waals surface area contributed by atoms with Crippen molar-refractivity contribution in [2.24, 2.45) is 5.73 Å². The normalized spacial score (nSPS) is 11.3. The van der Waals surface area contributed by atoms with Crippen LogP contribution in [-0.2, 0) is 11.3 Å². The molecule has 0 saturated carbocycles. The van der Waals surface area contributed by atoms with Crippen molar-refractivity contribution in [2.75, 3.05) is 24.1 Å². The molecule has 3 aromatic heterocycles. The van der Waals surface area contributed by atoms with E-state index in [1.165, 1.54) is 0 Å². The Morgan fingerprint density at radius 1 is 1.28 bits per heavy atom. The number of hydrogen-bond acceptors (Lipinski definition) is 9. The topological polar surface area (TPSA) is 171 Å². The monoisotopic (exact) mass is 526 g/mol. The van der Waals surface area contributed by atoms with Crippen molar-refractivity contribution in [3.05, 3.63) is 35.5 Å². The van der Waals surface area contributed by atoms with Crippen molar-refractivity contribution in [2.45, 2.75) is 26.1 Å². The molecule has 0 aliphatic heterocycles. The zero-order valence-corrected chi connectivity index (χ0v) is 19.6. The number of nitrogens with two attached hydrogens (primary N) is 2. The van der Waals surface area contributed by atoms with Gasteiger partial charge in [0.2, 0.25) is 0 Å². The highest BCUT2D eigenvalue weighted by Crippen LogP contribution is 2.36. The number of anilines is 2. The van der Waals surface area contributed by atoms with Crippen LogP contribution in [0.1, 0.15) is 13.3 Å². The second-order valence-electron chi connectivity index (χ2n) is 7.28. The molecule has 4 aromatic rings. The fourth-order valence-corrected chi connectivity index (χ4v) is 3.47. The smallest absolute Gasteiger partial charge is 0.475 e. The van der Waals surface area contributed by atoms with Crippen LogP contribution in [0, 0.1) is 0 Å². The lowest BCUT2D eigenvalue weighted by Crippen LogP contribution is -2.21. The Bertz CT molecular complexity index is 1360. The average molecular weight is 527 g/mol. The second-order valence-corrected chi connectivity index (χ2v) is 7.71. The Morgan fingerprint density at radius 2 is 2.00 bits per heavy atom. The van der Waals surface area contributed by atoms with E-state index in [0.717, 1.165) is 35.4 Å². The molecule has 0 bridgehead atoms. The highest BCUT2D eigenvalue weighted by molar-refractivity contribution is 6.30. The number of carbonyl (C=O) groups is 1. The Kier molecular flexibility index (Phi) is 8.32. The number of benzene rings is 1. The number of nitrogens with zero attached hydrogens (tertiary/aromatic N) is 5. The van der Waals surface area contributed by atoms with Crippen molar-refractivity contribution in [3.8, 4) is 22.8 Å². The van der Waals surface area contributed by atoms with Crippen LogP contribution in [0.2, 0.25) is 5.02 Å². The fraction of sp³-hybridized carbons (Fsp3) is 0.286. The first-order valence-corrected chi connectivity index (χ1v) is 10.9. The first kappa shape index (κ1) is 26.7. The number of pyridine rings is 1. The van der Waals surface area contributed by atoms with Crippen molar-refractivity contribution < 1.29 is 27.7 Å². The van der Waals surface area contributed by atoms with Crippen LogP contribution in [0.25, 0.3) is 33.8 Å². The number of alkyl halides is 3. The number of aromatic nitrogens is 5. The SMILES string of the molecule is CCn1c(-c2nonc2N)nc2c(-c3cccc(Cl)c3)ncc(NCCCN)c21.O=C(O)C(F)(F)F. The lowest BCUT2D eigenvalue weighted by atomic mass is 10.1. The molecule has 192 valence electrons. The van der Waals surface area contributed by atoms with Crippen LogP contribution in [0.3, 0.4) is 0 Å². The summed E-state index contributed by atoms with van der Waals surface area (Å²) in [5.41, 5.74) is 16.0. The van der Waals surface area contributed by atoms with Gasteiger partial charge in [0.25, 0.3) is 0 Å². The highest BCUT2D eigenvalue weighted by Gasteiger charge is 2.38. The number of carboxylic acids is 1. The van der Waals surface area contributed by atoms with Gasteiger partial charge >= 0.3 is 12.1 Å². The van der Waals surface area contributed by atoms with Gasteiger partial charge in [-0.3, -0.25) is 4.98 Å². The molecule has 3 heterocycles. The minimum atomic E-state index is -5.08. The first-order valence-electron chi connectivity index (χ1n) is 10.6. The van der Waals surface area contributed by atoms with Crippen LogP contribution in [-0.4, -0.2) is 55.2 Å². The zero-order valence-electron chi connectivity index (χ0n) is 18.9. The number of carboxylic acid groups (broad SMARTS) is 1. The number of nitrogens with one attached hydrogen (secondary N) is 1. The number of imidazole rings is 1. The minimum Gasteiger partial charge on any atom is -0.475 e. The molecule has 0 fully saturated rings. The summed E-state index contributed by atoms with van der Waals surface area (Å²) in [4.78, 5) is 18.4. The predicted molar refractivity (Wildman–Crippen MR) is 127 cm³/mol. The molecule has 0 radical (unpaired) electrons. The van der Waals surface area contributed by atoms with Crippen molar-refractivity contribution in [1.29, 1.82) is 0 Å². The Morgan fingerprint density at radius 3 is 2.56 bits per heavy atom. The molecular formula is C21H22ClF3N8O3. The maximum atomic E-state index is 10.6. The molecule has 0 amide bonds. The number of halogens is 4. The summed E-state index contributed by atoms with van der Waals surface area (Å²) >= 11 is 6.20. The third-order valence-corrected chi connectivity index (χ3v) is 5.08. The number of fused-ring (bicyclic) bond motifs is 1. The van der Waals surface area contributed by atoms with Gasteiger partial charge in [0.15, 0.2) is 17.3 Å². The van der Waals surface area contributed by atoms with Gasteiger partial charge in [0.05, 0.1) is 23.1 Å². The molecule has 0 saturated heterocycles. The molecule has 0 unspecified atom stereocenters. The van der Waals surface area contributed by atoms with Crippen LogP contribution in [0.15, 0.2) is 35.1 Å². The maximum absolute atomic E-state index is 10.6. The molecule has 0 spiro atoms. The number of aliphatic carboxylic acids is 1. The van der Waals surface area contributed by atoms with Gasteiger partial charge in [-0.15, -0.1) is 0 Å². The number of aryl methyl sites for hydroxylation is 1. The van der Waals surface area contributed by atoms with Gasteiger partial charge < -0.3 is 26.5 Å². The third kappa shape index (κ3) is 5.83. The molecule has 0 aliphatic rings. The number of rotatable bonds is 7. The largest absolute Gasteiger partial charge is 0.490 e. The van der Waals surface area contributed by atoms with Crippen molar-refractivity contribution in [3.63, 3.8) is 0 Å². The summed E-state index contributed by atoms with van der Waals surface area (Å²) in [6, 6.07) is 7.52. The zero-order chi connectivity index (χ0) is 26.5. The summed E-state index contributed by atoms with van der Waals surface area (Å²) in [6.45, 7) is 3.99. The van der Waals surface area contributed by atoms with E-state index in [0.29, 0.717) is 35.1 Å². The number of hydrogen-bond donors (Lipinski definition) is 4. The van der Waals surface area contributed by atoms with E-state index in [2.05, 4.69) is 20.6 Å². The highest BCUT2D eigenvalue weighted by atomic mass is 35.5. The second kappa shape index (κ2) is 11.2. The Labute approximate surface area is 207 Å². The lowest BCUT2D eigenvalue weighted by Gasteiger charge is -2.12. The van der Waals surface area contributed by atoms with Crippen LogP contribution in [0.4, 0.5) is 24.7 Å². The number of nitrogen functional groups attached to an aromatic ring is 1. The minimum absolute atomic E-state index is 0.185. The fourth-order valence-electron chi connectivity index (χ4n) is 3.28. The van der Waals surface area contributed by atoms with Crippen LogP contribution >= 0.6 is 11.6 Å². The summed E-state index contributed by atoms with van der Waals surface area (Å²) in [7, 11) is 0. The van der Waals surface area contributed by atoms with E-state index in [-0.39, 0.29) is 5.82 Å². The van der Waals surface area contributed by atoms with Crippen molar-refractivity contribution in [1.82, 2.24) is 24.8 Å². The van der Waals surface area contributed by atoms with E-state index in [9.17, 15) is 13.2 Å². The molecule has 11 nitrogen and oxygen atoms in total. The summed E-state index contributed by atoms with van der Waals surface area (Å²) < 4.78 is 38.6. The lowest BCUT2D eigenvalue weighted by molar-refractivity contribution is -0.192. The van der Waals surface area contributed by atoms with E-state index in [4.69, 9.17) is 42.6 Å². The average Bonchev–Trinajstić information content (AvgIpc) is 3.42.